The fraction of sp³-hybridized carbons (Fsp3) is 0.333. The number of hydrogen-bond acceptors (Lipinski definition) is 4. The molecule has 0 aliphatic rings. The van der Waals surface area contributed by atoms with Gasteiger partial charge in [0.1, 0.15) is 5.78 Å². The lowest BCUT2D eigenvalue weighted by atomic mass is 10.00. The number of nitrogens with zero attached hydrogens (tertiary/aromatic N) is 1. The maximum Gasteiger partial charge on any atom is 0.131 e. The molecule has 0 fully saturated rings. The van der Waals surface area contributed by atoms with Crippen molar-refractivity contribution in [1.82, 2.24) is 10.3 Å². The number of rotatable bonds is 5. The number of ketones is 1. The molecule has 1 aromatic heterocycles. The van der Waals surface area contributed by atoms with Gasteiger partial charge in [0.2, 0.25) is 0 Å². The predicted molar refractivity (Wildman–Crippen MR) is 79.4 cm³/mol. The van der Waals surface area contributed by atoms with Crippen molar-refractivity contribution in [2.24, 2.45) is 0 Å². The Bertz CT molecular complexity index is 560. The zero-order chi connectivity index (χ0) is 13.8. The van der Waals surface area contributed by atoms with Gasteiger partial charge in [0.15, 0.2) is 0 Å². The first-order valence-electron chi connectivity index (χ1n) is 6.29. The summed E-state index contributed by atoms with van der Waals surface area (Å²) in [5.41, 5.74) is 5.25. The van der Waals surface area contributed by atoms with Crippen molar-refractivity contribution in [3.8, 4) is 10.4 Å². The standard InChI is InChI=1S/C15H18N2OS/c1-10(18)8-14(16-3)12-4-6-13(7-5-12)15-11(2)17-9-19-15/h4-7,9,14,16H,8H2,1-3H3/t14-/m1/s1. The average molecular weight is 274 g/mol. The SMILES string of the molecule is CN[C@H](CC(C)=O)c1ccc(-c2scnc2C)cc1. The molecular weight excluding hydrogens is 256 g/mol. The molecule has 2 rings (SSSR count). The van der Waals surface area contributed by atoms with E-state index in [1.165, 1.54) is 10.4 Å². The number of Topliss-reactive ketones (excluding diaryl/α,β-unsaturated/α-hetero) is 1. The van der Waals surface area contributed by atoms with E-state index in [1.807, 2.05) is 19.5 Å². The highest BCUT2D eigenvalue weighted by molar-refractivity contribution is 7.13. The zero-order valence-electron chi connectivity index (χ0n) is 11.4. The molecule has 0 saturated carbocycles. The molecule has 1 N–H and O–H groups in total. The van der Waals surface area contributed by atoms with E-state index in [-0.39, 0.29) is 11.8 Å². The molecule has 2 aromatic rings. The van der Waals surface area contributed by atoms with Crippen LogP contribution in [-0.4, -0.2) is 17.8 Å². The largest absolute Gasteiger partial charge is 0.313 e. The van der Waals surface area contributed by atoms with Gasteiger partial charge in [-0.25, -0.2) is 4.98 Å². The van der Waals surface area contributed by atoms with Crippen molar-refractivity contribution >= 4 is 17.1 Å². The molecule has 0 unspecified atom stereocenters. The summed E-state index contributed by atoms with van der Waals surface area (Å²) >= 11 is 1.65. The van der Waals surface area contributed by atoms with Crippen LogP contribution in [0.5, 0.6) is 0 Å². The van der Waals surface area contributed by atoms with Crippen molar-refractivity contribution in [2.45, 2.75) is 26.3 Å². The number of nitrogens with one attached hydrogen (secondary N) is 1. The Balaban J connectivity index is 2.22. The highest BCUT2D eigenvalue weighted by Gasteiger charge is 2.12. The molecule has 0 aliphatic heterocycles. The van der Waals surface area contributed by atoms with Crippen LogP contribution in [0.25, 0.3) is 10.4 Å². The van der Waals surface area contributed by atoms with Crippen molar-refractivity contribution in [1.29, 1.82) is 0 Å². The van der Waals surface area contributed by atoms with Crippen LogP contribution < -0.4 is 5.32 Å². The summed E-state index contributed by atoms with van der Waals surface area (Å²) in [4.78, 5) is 16.7. The van der Waals surface area contributed by atoms with E-state index >= 15 is 0 Å². The van der Waals surface area contributed by atoms with Gasteiger partial charge in [-0.3, -0.25) is 4.79 Å². The maximum atomic E-state index is 11.2. The number of hydrogen-bond donors (Lipinski definition) is 1. The lowest BCUT2D eigenvalue weighted by molar-refractivity contribution is -0.117. The van der Waals surface area contributed by atoms with Gasteiger partial charge in [-0.05, 0) is 32.0 Å². The predicted octanol–water partition coefficient (Wildman–Crippen LogP) is 3.36. The second-order valence-corrected chi connectivity index (χ2v) is 5.49. The zero-order valence-corrected chi connectivity index (χ0v) is 12.3. The number of carbonyl (C=O) groups is 1. The van der Waals surface area contributed by atoms with Gasteiger partial charge in [-0.15, -0.1) is 11.3 Å². The van der Waals surface area contributed by atoms with E-state index in [9.17, 15) is 4.79 Å². The third kappa shape index (κ3) is 3.28. The molecule has 0 amide bonds. The fourth-order valence-electron chi connectivity index (χ4n) is 2.12. The van der Waals surface area contributed by atoms with Gasteiger partial charge in [0, 0.05) is 12.5 Å². The van der Waals surface area contributed by atoms with Crippen LogP contribution in [0.4, 0.5) is 0 Å². The van der Waals surface area contributed by atoms with Gasteiger partial charge in [0.25, 0.3) is 0 Å². The van der Waals surface area contributed by atoms with Gasteiger partial charge in [-0.1, -0.05) is 24.3 Å². The smallest absolute Gasteiger partial charge is 0.131 e. The molecule has 0 saturated heterocycles. The monoisotopic (exact) mass is 274 g/mol. The summed E-state index contributed by atoms with van der Waals surface area (Å²) in [6.07, 6.45) is 0.523. The third-order valence-electron chi connectivity index (χ3n) is 3.16. The van der Waals surface area contributed by atoms with Crippen molar-refractivity contribution in [3.05, 3.63) is 41.0 Å². The molecule has 3 nitrogen and oxygen atoms in total. The Morgan fingerprint density at radius 3 is 2.53 bits per heavy atom. The van der Waals surface area contributed by atoms with Crippen molar-refractivity contribution < 1.29 is 4.79 Å². The van der Waals surface area contributed by atoms with Crippen LogP contribution in [0.2, 0.25) is 0 Å². The number of aryl methyl sites for hydroxylation is 1. The first kappa shape index (κ1) is 13.9. The Hall–Kier alpha value is -1.52. The number of thiazole rings is 1. The summed E-state index contributed by atoms with van der Waals surface area (Å²) in [5.74, 6) is 0.196. The van der Waals surface area contributed by atoms with E-state index in [0.29, 0.717) is 6.42 Å². The quantitative estimate of drug-likeness (QED) is 0.909. The summed E-state index contributed by atoms with van der Waals surface area (Å²) in [7, 11) is 1.88. The van der Waals surface area contributed by atoms with Gasteiger partial charge < -0.3 is 5.32 Å². The van der Waals surface area contributed by atoms with Gasteiger partial charge in [-0.2, -0.15) is 0 Å². The fourth-order valence-corrected chi connectivity index (χ4v) is 2.93. The normalized spacial score (nSPS) is 12.4. The van der Waals surface area contributed by atoms with Crippen LogP contribution >= 0.6 is 11.3 Å². The molecule has 0 aliphatic carbocycles. The molecule has 1 atom stereocenters. The molecular formula is C15H18N2OS. The molecule has 0 spiro atoms. The maximum absolute atomic E-state index is 11.2. The van der Waals surface area contributed by atoms with Crippen molar-refractivity contribution in [3.63, 3.8) is 0 Å². The van der Waals surface area contributed by atoms with Crippen LogP contribution in [0.3, 0.4) is 0 Å². The van der Waals surface area contributed by atoms with Crippen LogP contribution in [0.1, 0.15) is 30.6 Å². The topological polar surface area (TPSA) is 42.0 Å². The first-order valence-corrected chi connectivity index (χ1v) is 7.17. The average Bonchev–Trinajstić information content (AvgIpc) is 2.82. The van der Waals surface area contributed by atoms with Crippen molar-refractivity contribution in [2.75, 3.05) is 7.05 Å². The third-order valence-corrected chi connectivity index (χ3v) is 4.14. The summed E-state index contributed by atoms with van der Waals surface area (Å²) in [6, 6.07) is 8.45. The number of aromatic nitrogens is 1. The first-order chi connectivity index (χ1) is 9.11. The molecule has 4 heteroatoms. The number of benzene rings is 1. The molecule has 0 radical (unpaired) electrons. The molecule has 1 aromatic carbocycles. The van der Waals surface area contributed by atoms with Crippen LogP contribution in [0.15, 0.2) is 29.8 Å². The highest BCUT2D eigenvalue weighted by atomic mass is 32.1. The van der Waals surface area contributed by atoms with Gasteiger partial charge in [0.05, 0.1) is 16.1 Å². The molecule has 0 bridgehead atoms. The van der Waals surface area contributed by atoms with Crippen LogP contribution in [-0.2, 0) is 4.79 Å². The van der Waals surface area contributed by atoms with E-state index in [1.54, 1.807) is 18.3 Å². The molecule has 100 valence electrons. The Labute approximate surface area is 117 Å². The number of carbonyl (C=O) groups excluding carboxylic acids is 1. The lowest BCUT2D eigenvalue weighted by Crippen LogP contribution is -2.18. The summed E-state index contributed by atoms with van der Waals surface area (Å²) in [6.45, 7) is 3.64. The molecule has 19 heavy (non-hydrogen) atoms. The second-order valence-electron chi connectivity index (χ2n) is 4.64. The van der Waals surface area contributed by atoms with E-state index < -0.39 is 0 Å². The molecule has 1 heterocycles. The minimum Gasteiger partial charge on any atom is -0.313 e. The Morgan fingerprint density at radius 1 is 1.37 bits per heavy atom. The summed E-state index contributed by atoms with van der Waals surface area (Å²) in [5, 5.41) is 3.18. The van der Waals surface area contributed by atoms with Gasteiger partial charge >= 0.3 is 0 Å². The lowest BCUT2D eigenvalue weighted by Gasteiger charge is -2.15. The van der Waals surface area contributed by atoms with E-state index in [0.717, 1.165) is 11.3 Å². The second kappa shape index (κ2) is 6.08. The Morgan fingerprint density at radius 2 is 2.05 bits per heavy atom. The highest BCUT2D eigenvalue weighted by Crippen LogP contribution is 2.28. The Kier molecular flexibility index (Phi) is 4.45. The minimum atomic E-state index is 0.0918. The van der Waals surface area contributed by atoms with E-state index in [2.05, 4.69) is 34.6 Å². The summed E-state index contributed by atoms with van der Waals surface area (Å²) < 4.78 is 0. The minimum absolute atomic E-state index is 0.0918. The van der Waals surface area contributed by atoms with Crippen LogP contribution in [0, 0.1) is 6.92 Å². The van der Waals surface area contributed by atoms with E-state index in [4.69, 9.17) is 0 Å².